The Morgan fingerprint density at radius 1 is 0.889 bits per heavy atom. The van der Waals surface area contributed by atoms with Crippen molar-refractivity contribution in [2.75, 3.05) is 0 Å². The van der Waals surface area contributed by atoms with Gasteiger partial charge in [0.05, 0.1) is 16.8 Å². The predicted octanol–water partition coefficient (Wildman–Crippen LogP) is 5.67. The third kappa shape index (κ3) is 3.62. The molecule has 36 heavy (non-hydrogen) atoms. The Morgan fingerprint density at radius 2 is 1.53 bits per heavy atom. The number of allylic oxidation sites excluding steroid dienone is 2. The van der Waals surface area contributed by atoms with Gasteiger partial charge in [-0.25, -0.2) is 4.79 Å². The molecule has 3 aromatic carbocycles. The van der Waals surface area contributed by atoms with Crippen LogP contribution in [0.3, 0.4) is 0 Å². The van der Waals surface area contributed by atoms with Crippen LogP contribution in [-0.2, 0) is 11.0 Å². The molecule has 0 aromatic heterocycles. The summed E-state index contributed by atoms with van der Waals surface area (Å²) in [4.78, 5) is 39.4. The summed E-state index contributed by atoms with van der Waals surface area (Å²) in [6.45, 7) is 1.22. The van der Waals surface area contributed by atoms with Crippen LogP contribution in [0.15, 0.2) is 89.8 Å². The highest BCUT2D eigenvalue weighted by Crippen LogP contribution is 2.45. The number of nitrogens with one attached hydrogen (secondary N) is 1. The maximum atomic E-state index is 13.7. The average Bonchev–Trinajstić information content (AvgIpc) is 2.86. The van der Waals surface area contributed by atoms with Crippen LogP contribution in [0.1, 0.15) is 43.3 Å². The molecule has 1 heterocycles. The molecule has 0 saturated heterocycles. The maximum absolute atomic E-state index is 13.7. The number of fused-ring (bicyclic) bond motifs is 1. The number of ketones is 2. The number of halogens is 3. The zero-order valence-corrected chi connectivity index (χ0v) is 18.8. The molecular formula is C28H18F3NO4. The van der Waals surface area contributed by atoms with Gasteiger partial charge in [0, 0.05) is 28.8 Å². The van der Waals surface area contributed by atoms with Crippen molar-refractivity contribution in [3.8, 4) is 11.1 Å². The first-order valence-corrected chi connectivity index (χ1v) is 11.0. The second-order valence-corrected chi connectivity index (χ2v) is 8.59. The largest absolute Gasteiger partial charge is 0.478 e. The van der Waals surface area contributed by atoms with Gasteiger partial charge >= 0.3 is 12.1 Å². The predicted molar refractivity (Wildman–Crippen MR) is 125 cm³/mol. The van der Waals surface area contributed by atoms with Crippen molar-refractivity contribution in [2.45, 2.75) is 19.0 Å². The molecular weight excluding hydrogens is 471 g/mol. The van der Waals surface area contributed by atoms with Crippen LogP contribution >= 0.6 is 0 Å². The van der Waals surface area contributed by atoms with E-state index in [-0.39, 0.29) is 28.0 Å². The number of benzene rings is 3. The minimum absolute atomic E-state index is 0.135. The summed E-state index contributed by atoms with van der Waals surface area (Å²) >= 11 is 0. The van der Waals surface area contributed by atoms with Crippen molar-refractivity contribution in [1.82, 2.24) is 5.32 Å². The van der Waals surface area contributed by atoms with Gasteiger partial charge in [0.2, 0.25) is 5.78 Å². The van der Waals surface area contributed by atoms with Crippen LogP contribution in [0.25, 0.3) is 11.1 Å². The summed E-state index contributed by atoms with van der Waals surface area (Å²) in [7, 11) is 0. The highest BCUT2D eigenvalue weighted by Gasteiger charge is 2.44. The van der Waals surface area contributed by atoms with E-state index in [0.29, 0.717) is 17.2 Å². The molecule has 1 unspecified atom stereocenters. The van der Waals surface area contributed by atoms with Crippen LogP contribution in [0, 0.1) is 6.92 Å². The molecule has 0 saturated carbocycles. The first-order valence-electron chi connectivity index (χ1n) is 11.0. The number of carboxylic acid groups (broad SMARTS) is 1. The number of carboxylic acids is 1. The third-order valence-electron chi connectivity index (χ3n) is 6.48. The van der Waals surface area contributed by atoms with E-state index in [0.717, 1.165) is 11.6 Å². The van der Waals surface area contributed by atoms with Crippen LogP contribution in [-0.4, -0.2) is 22.6 Å². The van der Waals surface area contributed by atoms with E-state index in [1.807, 2.05) is 18.2 Å². The summed E-state index contributed by atoms with van der Waals surface area (Å²) in [5.74, 6) is -4.00. The molecule has 0 amide bonds. The lowest BCUT2D eigenvalue weighted by atomic mass is 9.72. The first kappa shape index (κ1) is 23.3. The Labute approximate surface area is 203 Å². The van der Waals surface area contributed by atoms with E-state index in [1.165, 1.54) is 13.1 Å². The van der Waals surface area contributed by atoms with E-state index >= 15 is 0 Å². The molecule has 5 rings (SSSR count). The number of hydrogen-bond donors (Lipinski definition) is 2. The number of carbonyl (C=O) groups excluding carboxylic acids is 2. The quantitative estimate of drug-likeness (QED) is 0.496. The van der Waals surface area contributed by atoms with Crippen LogP contribution in [0.4, 0.5) is 13.2 Å². The molecule has 180 valence electrons. The van der Waals surface area contributed by atoms with Gasteiger partial charge in [0.1, 0.15) is 0 Å². The number of rotatable bonds is 3. The summed E-state index contributed by atoms with van der Waals surface area (Å²) < 4.78 is 40.9. The zero-order valence-electron chi connectivity index (χ0n) is 18.8. The van der Waals surface area contributed by atoms with Gasteiger partial charge in [-0.2, -0.15) is 13.2 Å². The normalized spacial score (nSPS) is 17.2. The third-order valence-corrected chi connectivity index (χ3v) is 6.48. The topological polar surface area (TPSA) is 83.5 Å². The van der Waals surface area contributed by atoms with Crippen molar-refractivity contribution in [3.63, 3.8) is 0 Å². The molecule has 2 N–H and O–H groups in total. The number of aliphatic carboxylic acids is 1. The van der Waals surface area contributed by atoms with Gasteiger partial charge in [-0.15, -0.1) is 0 Å². The number of Topliss-reactive ketones (excluding diaryl/α,β-unsaturated/α-hetero) is 2. The minimum Gasteiger partial charge on any atom is -0.478 e. The zero-order chi connectivity index (χ0) is 25.8. The van der Waals surface area contributed by atoms with E-state index < -0.39 is 40.8 Å². The van der Waals surface area contributed by atoms with Gasteiger partial charge in [-0.05, 0) is 41.3 Å². The molecule has 1 aliphatic carbocycles. The molecule has 8 heteroatoms. The summed E-state index contributed by atoms with van der Waals surface area (Å²) in [6.07, 6.45) is -3.56. The Morgan fingerprint density at radius 3 is 2.19 bits per heavy atom. The molecule has 0 spiro atoms. The molecule has 1 aliphatic heterocycles. The monoisotopic (exact) mass is 489 g/mol. The fourth-order valence-electron chi connectivity index (χ4n) is 4.85. The number of dihydropyridines is 1. The van der Waals surface area contributed by atoms with Gasteiger partial charge < -0.3 is 10.4 Å². The highest BCUT2D eigenvalue weighted by molar-refractivity contribution is 6.28. The Bertz CT molecular complexity index is 1520. The number of carbonyl (C=O) groups is 3. The molecule has 0 radical (unpaired) electrons. The smallest absolute Gasteiger partial charge is 0.416 e. The van der Waals surface area contributed by atoms with Crippen molar-refractivity contribution in [1.29, 1.82) is 0 Å². The molecule has 3 aromatic rings. The second kappa shape index (κ2) is 8.34. The maximum Gasteiger partial charge on any atom is 0.416 e. The number of alkyl halides is 3. The number of aryl methyl sites for hydroxylation is 1. The van der Waals surface area contributed by atoms with Crippen molar-refractivity contribution >= 4 is 17.5 Å². The molecule has 0 bridgehead atoms. The van der Waals surface area contributed by atoms with Gasteiger partial charge in [-0.1, -0.05) is 54.6 Å². The number of hydrogen-bond acceptors (Lipinski definition) is 4. The molecule has 5 nitrogen and oxygen atoms in total. The molecule has 2 aliphatic rings. The molecule has 1 atom stereocenters. The fourth-order valence-corrected chi connectivity index (χ4v) is 4.85. The van der Waals surface area contributed by atoms with E-state index in [1.54, 1.807) is 36.4 Å². The average molecular weight is 489 g/mol. The summed E-state index contributed by atoms with van der Waals surface area (Å²) in [5, 5.41) is 12.6. The highest BCUT2D eigenvalue weighted by atomic mass is 19.4. The Kier molecular flexibility index (Phi) is 5.39. The SMILES string of the molecule is Cc1cc2c(cc1C(F)(F)F)C(=O)C1=C(NC=C(C(=O)O)C1c1ccccc1-c1ccccc1)C2=O. The van der Waals surface area contributed by atoms with Crippen LogP contribution in [0.2, 0.25) is 0 Å². The lowest BCUT2D eigenvalue weighted by molar-refractivity contribution is -0.138. The van der Waals surface area contributed by atoms with Crippen LogP contribution < -0.4 is 5.32 Å². The fraction of sp³-hybridized carbons (Fsp3) is 0.107. The Balaban J connectivity index is 1.76. The standard InChI is InChI=1S/C28H18F3NO4/c1-14-11-18-19(12-21(14)28(29,30)31)25(33)23-22(20(27(35)36)13-32-24(23)26(18)34)17-10-6-5-9-16(17)15-7-3-2-4-8-15/h2-13,22,32H,1H3,(H,35,36). The van der Waals surface area contributed by atoms with Gasteiger partial charge in [0.15, 0.2) is 5.78 Å². The minimum atomic E-state index is -4.73. The van der Waals surface area contributed by atoms with Gasteiger partial charge in [0.25, 0.3) is 0 Å². The first-order chi connectivity index (χ1) is 17.1. The van der Waals surface area contributed by atoms with E-state index in [9.17, 15) is 32.7 Å². The lowest BCUT2D eigenvalue weighted by Gasteiger charge is -2.32. The van der Waals surface area contributed by atoms with Gasteiger partial charge in [-0.3, -0.25) is 9.59 Å². The van der Waals surface area contributed by atoms with Crippen molar-refractivity contribution in [3.05, 3.63) is 118 Å². The van der Waals surface area contributed by atoms with Crippen molar-refractivity contribution in [2.24, 2.45) is 0 Å². The van der Waals surface area contributed by atoms with E-state index in [4.69, 9.17) is 0 Å². The van der Waals surface area contributed by atoms with Crippen LogP contribution in [0.5, 0.6) is 0 Å². The lowest BCUT2D eigenvalue weighted by Crippen LogP contribution is -2.36. The second-order valence-electron chi connectivity index (χ2n) is 8.59. The van der Waals surface area contributed by atoms with Crippen molar-refractivity contribution < 1.29 is 32.7 Å². The Hall–Kier alpha value is -4.46. The molecule has 0 fully saturated rings. The summed E-state index contributed by atoms with van der Waals surface area (Å²) in [6, 6.07) is 17.7. The summed E-state index contributed by atoms with van der Waals surface area (Å²) in [5.41, 5.74) is -0.452. The van der Waals surface area contributed by atoms with E-state index in [2.05, 4.69) is 5.32 Å².